The molecule has 1 aliphatic rings. The van der Waals surface area contributed by atoms with E-state index in [0.717, 1.165) is 5.56 Å². The van der Waals surface area contributed by atoms with Gasteiger partial charge in [-0.25, -0.2) is 0 Å². The molecule has 37 heavy (non-hydrogen) atoms. The molecule has 1 aliphatic carbocycles. The van der Waals surface area contributed by atoms with Gasteiger partial charge in [0.25, 0.3) is 0 Å². The lowest BCUT2D eigenvalue weighted by Gasteiger charge is -2.23. The van der Waals surface area contributed by atoms with E-state index in [4.69, 9.17) is 0 Å². The topological polar surface area (TPSA) is 23.8 Å². The van der Waals surface area contributed by atoms with Crippen LogP contribution in [0.2, 0.25) is 0 Å². The van der Waals surface area contributed by atoms with Crippen LogP contribution in [-0.4, -0.2) is 0 Å². The van der Waals surface area contributed by atoms with E-state index in [1.165, 1.54) is 60.5 Å². The van der Waals surface area contributed by atoms with Gasteiger partial charge in [-0.3, -0.25) is 0 Å². The van der Waals surface area contributed by atoms with E-state index >= 15 is 0 Å². The van der Waals surface area contributed by atoms with Crippen LogP contribution in [0.5, 0.6) is 0 Å². The van der Waals surface area contributed by atoms with E-state index in [0.29, 0.717) is 5.56 Å². The summed E-state index contributed by atoms with van der Waals surface area (Å²) in [7, 11) is 0. The molecule has 0 N–H and O–H groups in total. The zero-order valence-corrected chi connectivity index (χ0v) is 20.9. The molecular weight excluding hydrogens is 446 g/mol. The first-order valence-electron chi connectivity index (χ1n) is 12.8. The monoisotopic (exact) mass is 471 g/mol. The first-order chi connectivity index (χ1) is 18.1. The van der Waals surface area contributed by atoms with Gasteiger partial charge in [-0.05, 0) is 84.3 Å². The van der Waals surface area contributed by atoms with E-state index in [1.54, 1.807) is 0 Å². The fourth-order valence-corrected chi connectivity index (χ4v) is 6.35. The molecule has 7 rings (SSSR count). The second-order valence-electron chi connectivity index (χ2n) is 10.5. The van der Waals surface area contributed by atoms with Crippen molar-refractivity contribution in [1.82, 2.24) is 0 Å². The summed E-state index contributed by atoms with van der Waals surface area (Å²) in [6, 6.07) is 43.5. The Morgan fingerprint density at radius 3 is 1.68 bits per heavy atom. The third kappa shape index (κ3) is 3.09. The highest BCUT2D eigenvalue weighted by atomic mass is 14.4. The van der Waals surface area contributed by atoms with Crippen molar-refractivity contribution in [3.63, 3.8) is 0 Å². The molecule has 0 bridgehead atoms. The minimum atomic E-state index is -0.0504. The molecule has 0 heterocycles. The molecule has 0 atom stereocenters. The summed E-state index contributed by atoms with van der Waals surface area (Å²) in [5, 5.41) is 14.4. The summed E-state index contributed by atoms with van der Waals surface area (Å²) >= 11 is 0. The molecule has 0 spiro atoms. The van der Waals surface area contributed by atoms with Crippen molar-refractivity contribution in [2.75, 3.05) is 0 Å². The highest BCUT2D eigenvalue weighted by Crippen LogP contribution is 2.51. The molecule has 6 aromatic rings. The van der Waals surface area contributed by atoms with E-state index in [1.807, 2.05) is 18.2 Å². The normalized spacial score (nSPS) is 13.3. The summed E-state index contributed by atoms with van der Waals surface area (Å²) in [6.07, 6.45) is 0. The van der Waals surface area contributed by atoms with Gasteiger partial charge in [0, 0.05) is 5.41 Å². The molecule has 0 radical (unpaired) electrons. The fourth-order valence-electron chi connectivity index (χ4n) is 6.35. The third-order valence-electron chi connectivity index (χ3n) is 8.08. The van der Waals surface area contributed by atoms with Gasteiger partial charge in [0.15, 0.2) is 0 Å². The molecule has 0 amide bonds. The summed E-state index contributed by atoms with van der Waals surface area (Å²) in [4.78, 5) is 0. The van der Waals surface area contributed by atoms with Gasteiger partial charge in [-0.15, -0.1) is 0 Å². The van der Waals surface area contributed by atoms with Crippen LogP contribution in [0.15, 0.2) is 115 Å². The van der Waals surface area contributed by atoms with Gasteiger partial charge < -0.3 is 0 Å². The minimum absolute atomic E-state index is 0.0504. The Morgan fingerprint density at radius 2 is 1.05 bits per heavy atom. The molecule has 1 heteroatoms. The summed E-state index contributed by atoms with van der Waals surface area (Å²) in [5.41, 5.74) is 10.8. The van der Waals surface area contributed by atoms with Crippen LogP contribution in [0.25, 0.3) is 54.9 Å². The number of rotatable bonds is 2. The maximum absolute atomic E-state index is 9.56. The van der Waals surface area contributed by atoms with Gasteiger partial charge in [-0.2, -0.15) is 5.26 Å². The molecule has 1 nitrogen and oxygen atoms in total. The Morgan fingerprint density at radius 1 is 0.514 bits per heavy atom. The average Bonchev–Trinajstić information content (AvgIpc) is 3.17. The Bertz CT molecular complexity index is 1860. The smallest absolute Gasteiger partial charge is 0.0991 e. The number of nitriles is 1. The number of nitrogens with zero attached hydrogens (tertiary/aromatic N) is 1. The van der Waals surface area contributed by atoms with E-state index in [2.05, 4.69) is 117 Å². The number of fused-ring (bicyclic) bond motifs is 5. The SMILES string of the molecule is CC1(C)c2ccccc2-c2ccc(-c3c4ccccc4c(-c4cccc(C#N)c4)c4ccccc34)cc21. The number of hydrogen-bond donors (Lipinski definition) is 0. The standard InChI is InChI=1S/C36H25N/c1-36(2)32-17-8-7-12-26(32)27-19-18-25(21-33(27)36)35-30-15-5-3-13-28(30)34(29-14-4-6-16-31(29)35)24-11-9-10-23(20-24)22-37/h3-21H,1-2H3. The van der Waals surface area contributed by atoms with Crippen molar-refractivity contribution in [3.05, 3.63) is 132 Å². The van der Waals surface area contributed by atoms with Crippen LogP contribution >= 0.6 is 0 Å². The molecule has 0 unspecified atom stereocenters. The van der Waals surface area contributed by atoms with Crippen LogP contribution in [0.3, 0.4) is 0 Å². The maximum Gasteiger partial charge on any atom is 0.0991 e. The van der Waals surface area contributed by atoms with Crippen LogP contribution in [0.4, 0.5) is 0 Å². The summed E-state index contributed by atoms with van der Waals surface area (Å²) in [5.74, 6) is 0. The first kappa shape index (κ1) is 21.6. The second kappa shape index (κ2) is 7.92. The first-order valence-corrected chi connectivity index (χ1v) is 12.8. The van der Waals surface area contributed by atoms with Crippen molar-refractivity contribution in [1.29, 1.82) is 5.26 Å². The molecule has 0 saturated carbocycles. The number of benzene rings is 6. The second-order valence-corrected chi connectivity index (χ2v) is 10.5. The van der Waals surface area contributed by atoms with E-state index in [9.17, 15) is 5.26 Å². The van der Waals surface area contributed by atoms with Crippen LogP contribution < -0.4 is 0 Å². The lowest BCUT2D eigenvalue weighted by Crippen LogP contribution is -2.14. The predicted molar refractivity (Wildman–Crippen MR) is 155 cm³/mol. The van der Waals surface area contributed by atoms with Crippen molar-refractivity contribution >= 4 is 21.5 Å². The highest BCUT2D eigenvalue weighted by molar-refractivity contribution is 6.21. The Kier molecular flexibility index (Phi) is 4.62. The van der Waals surface area contributed by atoms with Gasteiger partial charge in [-0.1, -0.05) is 111 Å². The third-order valence-corrected chi connectivity index (χ3v) is 8.08. The molecule has 6 aromatic carbocycles. The summed E-state index contributed by atoms with van der Waals surface area (Å²) in [6.45, 7) is 4.67. The lowest BCUT2D eigenvalue weighted by molar-refractivity contribution is 0.660. The van der Waals surface area contributed by atoms with Crippen LogP contribution in [0.1, 0.15) is 30.5 Å². The zero-order chi connectivity index (χ0) is 25.1. The minimum Gasteiger partial charge on any atom is -0.192 e. The largest absolute Gasteiger partial charge is 0.192 e. The summed E-state index contributed by atoms with van der Waals surface area (Å²) < 4.78 is 0. The molecule has 174 valence electrons. The average molecular weight is 472 g/mol. The Labute approximate surface area is 217 Å². The van der Waals surface area contributed by atoms with Crippen molar-refractivity contribution < 1.29 is 0 Å². The molecular formula is C36H25N. The van der Waals surface area contributed by atoms with Gasteiger partial charge in [0.1, 0.15) is 0 Å². The fraction of sp³-hybridized carbons (Fsp3) is 0.0833. The van der Waals surface area contributed by atoms with Gasteiger partial charge in [0.05, 0.1) is 11.6 Å². The molecule has 0 aliphatic heterocycles. The van der Waals surface area contributed by atoms with Crippen molar-refractivity contribution in [2.45, 2.75) is 19.3 Å². The van der Waals surface area contributed by atoms with Crippen LogP contribution in [0, 0.1) is 11.3 Å². The predicted octanol–water partition coefficient (Wildman–Crippen LogP) is 9.50. The molecule has 0 fully saturated rings. The van der Waals surface area contributed by atoms with Gasteiger partial charge >= 0.3 is 0 Å². The zero-order valence-electron chi connectivity index (χ0n) is 20.9. The van der Waals surface area contributed by atoms with Crippen LogP contribution in [-0.2, 0) is 5.41 Å². The lowest BCUT2D eigenvalue weighted by atomic mass is 9.80. The van der Waals surface area contributed by atoms with Crippen molar-refractivity contribution in [3.8, 4) is 39.4 Å². The van der Waals surface area contributed by atoms with Crippen molar-refractivity contribution in [2.24, 2.45) is 0 Å². The Hall–Kier alpha value is -4.67. The Balaban J connectivity index is 1.56. The van der Waals surface area contributed by atoms with E-state index in [-0.39, 0.29) is 5.41 Å². The van der Waals surface area contributed by atoms with E-state index < -0.39 is 0 Å². The van der Waals surface area contributed by atoms with Gasteiger partial charge in [0.2, 0.25) is 0 Å². The number of hydrogen-bond acceptors (Lipinski definition) is 1. The maximum atomic E-state index is 9.56. The molecule has 0 aromatic heterocycles. The highest BCUT2D eigenvalue weighted by Gasteiger charge is 2.35. The molecule has 0 saturated heterocycles. The quantitative estimate of drug-likeness (QED) is 0.231.